The molecule has 4 rings (SSSR count). The molecule has 158 valence electrons. The number of aromatic amines is 1. The number of hydrogen-bond acceptors (Lipinski definition) is 5. The van der Waals surface area contributed by atoms with Crippen LogP contribution in [0, 0.1) is 6.92 Å². The van der Waals surface area contributed by atoms with Crippen molar-refractivity contribution in [3.8, 4) is 5.75 Å². The minimum atomic E-state index is -0.357. The summed E-state index contributed by atoms with van der Waals surface area (Å²) in [5.74, 6) is 1.16. The molecule has 1 amide bonds. The van der Waals surface area contributed by atoms with Crippen LogP contribution in [0.25, 0.3) is 0 Å². The summed E-state index contributed by atoms with van der Waals surface area (Å²) >= 11 is 1.36. The van der Waals surface area contributed by atoms with Crippen molar-refractivity contribution in [2.75, 3.05) is 11.1 Å². The van der Waals surface area contributed by atoms with E-state index in [0.29, 0.717) is 28.9 Å². The maximum absolute atomic E-state index is 12.8. The highest BCUT2D eigenvalue weighted by molar-refractivity contribution is 7.99. The van der Waals surface area contributed by atoms with Crippen molar-refractivity contribution in [2.45, 2.75) is 31.0 Å². The molecule has 0 saturated heterocycles. The maximum atomic E-state index is 12.8. The normalized spacial score (nSPS) is 15.1. The number of amides is 1. The zero-order chi connectivity index (χ0) is 21.8. The molecule has 0 fully saturated rings. The number of benzene rings is 2. The van der Waals surface area contributed by atoms with Crippen LogP contribution in [0.5, 0.6) is 5.75 Å². The number of rotatable bonds is 7. The number of H-pyrrole nitrogens is 1. The Bertz CT molecular complexity index is 1170. The van der Waals surface area contributed by atoms with Crippen molar-refractivity contribution < 1.29 is 9.53 Å². The fraction of sp³-hybridized carbons (Fsp3) is 0.208. The van der Waals surface area contributed by atoms with E-state index in [1.807, 2.05) is 49.4 Å². The Morgan fingerprint density at radius 1 is 1.23 bits per heavy atom. The highest BCUT2D eigenvalue weighted by Gasteiger charge is 2.30. The van der Waals surface area contributed by atoms with Gasteiger partial charge in [0.25, 0.3) is 5.56 Å². The second-order valence-electron chi connectivity index (χ2n) is 7.38. The van der Waals surface area contributed by atoms with E-state index in [-0.39, 0.29) is 23.8 Å². The Morgan fingerprint density at radius 3 is 2.77 bits per heavy atom. The second kappa shape index (κ2) is 9.22. The van der Waals surface area contributed by atoms with Gasteiger partial charge in [-0.25, -0.2) is 4.98 Å². The molecule has 31 heavy (non-hydrogen) atoms. The van der Waals surface area contributed by atoms with Crippen LogP contribution in [0.2, 0.25) is 0 Å². The third-order valence-corrected chi connectivity index (χ3v) is 5.91. The molecule has 1 aliphatic heterocycles. The molecule has 0 saturated carbocycles. The number of aryl methyl sites for hydroxylation is 1. The van der Waals surface area contributed by atoms with Crippen LogP contribution >= 0.6 is 11.8 Å². The number of carbonyl (C=O) groups is 1. The van der Waals surface area contributed by atoms with Crippen molar-refractivity contribution >= 4 is 23.5 Å². The molecular weight excluding hydrogens is 410 g/mol. The quantitative estimate of drug-likeness (QED) is 0.328. The van der Waals surface area contributed by atoms with Crippen LogP contribution in [0.3, 0.4) is 0 Å². The Morgan fingerprint density at radius 2 is 2.03 bits per heavy atom. The number of aromatic nitrogens is 2. The van der Waals surface area contributed by atoms with Crippen molar-refractivity contribution in [1.82, 2.24) is 9.97 Å². The van der Waals surface area contributed by atoms with Gasteiger partial charge >= 0.3 is 0 Å². The van der Waals surface area contributed by atoms with Gasteiger partial charge in [0.15, 0.2) is 5.16 Å². The summed E-state index contributed by atoms with van der Waals surface area (Å²) in [6, 6.07) is 15.7. The molecule has 1 atom stereocenters. The lowest BCUT2D eigenvalue weighted by Gasteiger charge is -2.24. The summed E-state index contributed by atoms with van der Waals surface area (Å²) < 4.78 is 5.89. The first-order chi connectivity index (χ1) is 15.0. The van der Waals surface area contributed by atoms with Gasteiger partial charge in [-0.1, -0.05) is 59.8 Å². The highest BCUT2D eigenvalue weighted by Crippen LogP contribution is 2.35. The number of nitrogens with one attached hydrogen (secondary N) is 2. The molecule has 0 radical (unpaired) electrons. The summed E-state index contributed by atoms with van der Waals surface area (Å²) in [6.45, 7) is 6.20. The van der Waals surface area contributed by atoms with Crippen molar-refractivity contribution in [3.63, 3.8) is 0 Å². The molecular formula is C24H23N3O3S. The van der Waals surface area contributed by atoms with Crippen LogP contribution in [-0.4, -0.2) is 21.6 Å². The summed E-state index contributed by atoms with van der Waals surface area (Å²) in [5.41, 5.74) is 3.41. The van der Waals surface area contributed by atoms with E-state index >= 15 is 0 Å². The van der Waals surface area contributed by atoms with Gasteiger partial charge in [-0.2, -0.15) is 0 Å². The smallest absolute Gasteiger partial charge is 0.257 e. The average Bonchev–Trinajstić information content (AvgIpc) is 2.76. The Hall–Kier alpha value is -3.32. The third kappa shape index (κ3) is 4.88. The van der Waals surface area contributed by atoms with E-state index in [4.69, 9.17) is 4.74 Å². The van der Waals surface area contributed by atoms with Gasteiger partial charge < -0.3 is 15.0 Å². The first-order valence-corrected chi connectivity index (χ1v) is 11.0. The molecule has 2 aromatic carbocycles. The lowest BCUT2D eigenvalue weighted by molar-refractivity contribution is -0.116. The minimum Gasteiger partial charge on any atom is -0.489 e. The number of hydrogen-bond donors (Lipinski definition) is 2. The first kappa shape index (κ1) is 20.9. The van der Waals surface area contributed by atoms with E-state index in [2.05, 4.69) is 27.9 Å². The standard InChI is InChI=1S/C24H23N3O3S/c1-3-11-31-24-26-22-21(23(29)27-24)19(13-20(28)25-22)17-7-9-18(10-8-17)30-14-16-6-4-5-15(2)12-16/h3-10,12,19H,1,11,13-14H2,2H3,(H2,25,26,27,28,29). The number of ether oxygens (including phenoxy) is 1. The number of fused-ring (bicyclic) bond motifs is 1. The molecule has 6 nitrogen and oxygen atoms in total. The van der Waals surface area contributed by atoms with Crippen LogP contribution in [0.1, 0.15) is 34.6 Å². The number of carbonyl (C=O) groups excluding carboxylic acids is 1. The fourth-order valence-electron chi connectivity index (χ4n) is 3.61. The number of thioether (sulfide) groups is 1. The average molecular weight is 434 g/mol. The molecule has 0 bridgehead atoms. The molecule has 3 aromatic rings. The first-order valence-electron chi connectivity index (χ1n) is 9.99. The lowest BCUT2D eigenvalue weighted by atomic mass is 9.87. The van der Waals surface area contributed by atoms with E-state index in [1.54, 1.807) is 6.08 Å². The summed E-state index contributed by atoms with van der Waals surface area (Å²) in [6.07, 6.45) is 1.93. The van der Waals surface area contributed by atoms with E-state index < -0.39 is 0 Å². The van der Waals surface area contributed by atoms with Gasteiger partial charge in [0, 0.05) is 18.1 Å². The van der Waals surface area contributed by atoms with Crippen LogP contribution < -0.4 is 15.6 Å². The molecule has 1 unspecified atom stereocenters. The fourth-order valence-corrected chi connectivity index (χ4v) is 4.20. The van der Waals surface area contributed by atoms with Crippen molar-refractivity contribution in [3.05, 3.63) is 93.8 Å². The Kier molecular flexibility index (Phi) is 6.23. The van der Waals surface area contributed by atoms with Gasteiger partial charge in [0.1, 0.15) is 18.2 Å². The molecule has 0 spiro atoms. The molecule has 2 heterocycles. The van der Waals surface area contributed by atoms with Crippen LogP contribution in [-0.2, 0) is 11.4 Å². The van der Waals surface area contributed by atoms with Gasteiger partial charge in [-0.15, -0.1) is 6.58 Å². The summed E-state index contributed by atoms with van der Waals surface area (Å²) in [5, 5.41) is 3.20. The predicted octanol–water partition coefficient (Wildman–Crippen LogP) is 4.41. The van der Waals surface area contributed by atoms with Crippen molar-refractivity contribution in [2.24, 2.45) is 0 Å². The molecule has 1 aromatic heterocycles. The van der Waals surface area contributed by atoms with Crippen molar-refractivity contribution in [1.29, 1.82) is 0 Å². The number of anilines is 1. The topological polar surface area (TPSA) is 84.1 Å². The summed E-state index contributed by atoms with van der Waals surface area (Å²) in [7, 11) is 0. The summed E-state index contributed by atoms with van der Waals surface area (Å²) in [4.78, 5) is 32.3. The van der Waals surface area contributed by atoms with Gasteiger partial charge in [0.05, 0.1) is 5.56 Å². The zero-order valence-corrected chi connectivity index (χ0v) is 18.0. The largest absolute Gasteiger partial charge is 0.489 e. The van der Waals surface area contributed by atoms with E-state index in [1.165, 1.54) is 17.3 Å². The zero-order valence-electron chi connectivity index (χ0n) is 17.2. The lowest BCUT2D eigenvalue weighted by Crippen LogP contribution is -2.31. The second-order valence-corrected chi connectivity index (χ2v) is 8.39. The van der Waals surface area contributed by atoms with Crippen LogP contribution in [0.15, 0.2) is 71.1 Å². The highest BCUT2D eigenvalue weighted by atomic mass is 32.2. The molecule has 7 heteroatoms. The molecule has 0 aliphatic carbocycles. The van der Waals surface area contributed by atoms with Gasteiger partial charge in [-0.05, 0) is 30.2 Å². The molecule has 2 N–H and O–H groups in total. The van der Waals surface area contributed by atoms with Gasteiger partial charge in [0.2, 0.25) is 5.91 Å². The Labute approximate surface area is 184 Å². The SMILES string of the molecule is C=CCSc1nc2c(c(=O)[nH]1)C(c1ccc(OCc3cccc(C)c3)cc1)CC(=O)N2. The van der Waals surface area contributed by atoms with Gasteiger partial charge in [-0.3, -0.25) is 9.59 Å². The van der Waals surface area contributed by atoms with E-state index in [9.17, 15) is 9.59 Å². The van der Waals surface area contributed by atoms with Crippen LogP contribution in [0.4, 0.5) is 5.82 Å². The monoisotopic (exact) mass is 433 g/mol. The number of nitrogens with zero attached hydrogens (tertiary/aromatic N) is 1. The third-order valence-electron chi connectivity index (χ3n) is 5.04. The Balaban J connectivity index is 1.55. The maximum Gasteiger partial charge on any atom is 0.257 e. The molecule has 1 aliphatic rings. The van der Waals surface area contributed by atoms with E-state index in [0.717, 1.165) is 16.9 Å². The minimum absolute atomic E-state index is 0.157. The predicted molar refractivity (Wildman–Crippen MR) is 123 cm³/mol.